The molecule has 2 N–H and O–H groups in total. The molecule has 0 aliphatic rings. The van der Waals surface area contributed by atoms with E-state index in [4.69, 9.17) is 21.4 Å². The number of aromatic carboxylic acids is 1. The second kappa shape index (κ2) is 8.38. The Kier molecular flexibility index (Phi) is 5.74. The summed E-state index contributed by atoms with van der Waals surface area (Å²) in [5.74, 6) is -0.580. The van der Waals surface area contributed by atoms with Crippen molar-refractivity contribution in [3.63, 3.8) is 0 Å². The van der Waals surface area contributed by atoms with Crippen molar-refractivity contribution in [1.29, 1.82) is 0 Å². The zero-order valence-electron chi connectivity index (χ0n) is 14.2. The van der Waals surface area contributed by atoms with Gasteiger partial charge in [-0.3, -0.25) is 4.79 Å². The maximum absolute atomic E-state index is 12.2. The molecule has 6 heteroatoms. The van der Waals surface area contributed by atoms with E-state index in [9.17, 15) is 9.59 Å². The second-order valence-corrected chi connectivity index (χ2v) is 6.21. The van der Waals surface area contributed by atoms with Crippen molar-refractivity contribution in [3.05, 3.63) is 94.5 Å². The Morgan fingerprint density at radius 3 is 2.04 bits per heavy atom. The summed E-state index contributed by atoms with van der Waals surface area (Å²) in [6.07, 6.45) is 0. The lowest BCUT2D eigenvalue weighted by atomic mass is 10.1. The van der Waals surface area contributed by atoms with Gasteiger partial charge < -0.3 is 15.2 Å². The van der Waals surface area contributed by atoms with Gasteiger partial charge in [0.15, 0.2) is 0 Å². The van der Waals surface area contributed by atoms with E-state index < -0.39 is 5.97 Å². The van der Waals surface area contributed by atoms with Crippen LogP contribution in [0.25, 0.3) is 0 Å². The van der Waals surface area contributed by atoms with Gasteiger partial charge in [-0.25, -0.2) is 4.79 Å². The zero-order valence-corrected chi connectivity index (χ0v) is 14.9. The first-order valence-corrected chi connectivity index (χ1v) is 8.51. The van der Waals surface area contributed by atoms with E-state index in [1.807, 2.05) is 0 Å². The van der Waals surface area contributed by atoms with Gasteiger partial charge in [-0.05, 0) is 66.2 Å². The van der Waals surface area contributed by atoms with Gasteiger partial charge in [0, 0.05) is 16.3 Å². The molecular weight excluding hydrogens is 366 g/mol. The summed E-state index contributed by atoms with van der Waals surface area (Å²) in [5, 5.41) is 12.3. The lowest BCUT2D eigenvalue weighted by Crippen LogP contribution is -2.11. The summed E-state index contributed by atoms with van der Waals surface area (Å²) in [6, 6.07) is 20.1. The summed E-state index contributed by atoms with van der Waals surface area (Å²) in [4.78, 5) is 23.1. The molecule has 0 unspecified atom stereocenters. The molecule has 0 fully saturated rings. The predicted molar refractivity (Wildman–Crippen MR) is 104 cm³/mol. The molecule has 0 atom stereocenters. The van der Waals surface area contributed by atoms with E-state index in [0.717, 1.165) is 5.56 Å². The van der Waals surface area contributed by atoms with Crippen LogP contribution in [0.3, 0.4) is 0 Å². The molecule has 27 heavy (non-hydrogen) atoms. The molecule has 0 saturated carbocycles. The average molecular weight is 382 g/mol. The number of carbonyl (C=O) groups is 2. The molecule has 3 rings (SSSR count). The van der Waals surface area contributed by atoms with Gasteiger partial charge in [-0.1, -0.05) is 23.7 Å². The lowest BCUT2D eigenvalue weighted by molar-refractivity contribution is 0.0696. The minimum absolute atomic E-state index is 0.229. The number of ether oxygens (including phenoxy) is 1. The standard InChI is InChI=1S/C21H16ClNO4/c22-17-7-9-18(10-8-17)23-20(24)15-5-11-19(12-6-15)27-13-14-1-3-16(4-2-14)21(25)26/h1-12H,13H2,(H,23,24)(H,25,26). The minimum atomic E-state index is -0.963. The Morgan fingerprint density at radius 2 is 1.44 bits per heavy atom. The number of nitrogens with one attached hydrogen (secondary N) is 1. The number of benzene rings is 3. The van der Waals surface area contributed by atoms with E-state index in [1.54, 1.807) is 60.7 Å². The van der Waals surface area contributed by atoms with Gasteiger partial charge in [-0.2, -0.15) is 0 Å². The Hall–Kier alpha value is -3.31. The van der Waals surface area contributed by atoms with E-state index in [1.165, 1.54) is 12.1 Å². The highest BCUT2D eigenvalue weighted by molar-refractivity contribution is 6.30. The van der Waals surface area contributed by atoms with Gasteiger partial charge in [0.25, 0.3) is 5.91 Å². The Morgan fingerprint density at radius 1 is 0.852 bits per heavy atom. The highest BCUT2D eigenvalue weighted by Gasteiger charge is 2.07. The molecule has 0 spiro atoms. The van der Waals surface area contributed by atoms with Gasteiger partial charge >= 0.3 is 5.97 Å². The number of amides is 1. The van der Waals surface area contributed by atoms with Crippen molar-refractivity contribution < 1.29 is 19.4 Å². The van der Waals surface area contributed by atoms with Crippen LogP contribution in [-0.4, -0.2) is 17.0 Å². The molecule has 0 saturated heterocycles. The fourth-order valence-corrected chi connectivity index (χ4v) is 2.48. The molecule has 0 bridgehead atoms. The molecule has 136 valence electrons. The molecule has 0 aliphatic heterocycles. The molecule has 5 nitrogen and oxygen atoms in total. The normalized spacial score (nSPS) is 10.3. The van der Waals surface area contributed by atoms with Crippen molar-refractivity contribution >= 4 is 29.2 Å². The van der Waals surface area contributed by atoms with Crippen molar-refractivity contribution in [2.75, 3.05) is 5.32 Å². The third kappa shape index (κ3) is 5.09. The van der Waals surface area contributed by atoms with Crippen LogP contribution in [-0.2, 0) is 6.61 Å². The van der Waals surface area contributed by atoms with E-state index >= 15 is 0 Å². The van der Waals surface area contributed by atoms with Crippen LogP contribution in [0, 0.1) is 0 Å². The smallest absolute Gasteiger partial charge is 0.335 e. The van der Waals surface area contributed by atoms with Gasteiger partial charge in [-0.15, -0.1) is 0 Å². The predicted octanol–water partition coefficient (Wildman–Crippen LogP) is 4.87. The van der Waals surface area contributed by atoms with E-state index in [0.29, 0.717) is 28.6 Å². The molecule has 0 radical (unpaired) electrons. The number of carboxylic acids is 1. The first kappa shape index (κ1) is 18.5. The summed E-state index contributed by atoms with van der Waals surface area (Å²) < 4.78 is 5.66. The second-order valence-electron chi connectivity index (χ2n) is 5.78. The summed E-state index contributed by atoms with van der Waals surface area (Å²) in [6.45, 7) is 0.302. The zero-order chi connectivity index (χ0) is 19.2. The molecule has 3 aromatic carbocycles. The van der Waals surface area contributed by atoms with Crippen LogP contribution >= 0.6 is 11.6 Å². The number of hydrogen-bond donors (Lipinski definition) is 2. The number of carboxylic acid groups (broad SMARTS) is 1. The van der Waals surface area contributed by atoms with E-state index in [-0.39, 0.29) is 11.5 Å². The van der Waals surface area contributed by atoms with Crippen molar-refractivity contribution in [1.82, 2.24) is 0 Å². The molecule has 3 aromatic rings. The van der Waals surface area contributed by atoms with Crippen LogP contribution in [0.5, 0.6) is 5.75 Å². The van der Waals surface area contributed by atoms with Crippen molar-refractivity contribution in [2.45, 2.75) is 6.61 Å². The third-order valence-electron chi connectivity index (χ3n) is 3.82. The third-order valence-corrected chi connectivity index (χ3v) is 4.08. The summed E-state index contributed by atoms with van der Waals surface area (Å²) >= 11 is 5.83. The number of carbonyl (C=O) groups excluding carboxylic acids is 1. The maximum Gasteiger partial charge on any atom is 0.335 e. The number of rotatable bonds is 6. The summed E-state index contributed by atoms with van der Waals surface area (Å²) in [5.41, 5.74) is 2.25. The van der Waals surface area contributed by atoms with Crippen molar-refractivity contribution in [3.8, 4) is 5.75 Å². The van der Waals surface area contributed by atoms with Crippen molar-refractivity contribution in [2.24, 2.45) is 0 Å². The topological polar surface area (TPSA) is 75.6 Å². The highest BCUT2D eigenvalue weighted by Crippen LogP contribution is 2.17. The number of anilines is 1. The molecule has 0 heterocycles. The highest BCUT2D eigenvalue weighted by atomic mass is 35.5. The lowest BCUT2D eigenvalue weighted by Gasteiger charge is -2.08. The fourth-order valence-electron chi connectivity index (χ4n) is 2.35. The Labute approximate surface area is 161 Å². The van der Waals surface area contributed by atoms with Gasteiger partial charge in [0.2, 0.25) is 0 Å². The SMILES string of the molecule is O=C(O)c1ccc(COc2ccc(C(=O)Nc3ccc(Cl)cc3)cc2)cc1. The fraction of sp³-hybridized carbons (Fsp3) is 0.0476. The van der Waals surface area contributed by atoms with Crippen LogP contribution in [0.1, 0.15) is 26.3 Å². The van der Waals surface area contributed by atoms with Gasteiger partial charge in [0.05, 0.1) is 5.56 Å². The first-order valence-electron chi connectivity index (χ1n) is 8.13. The number of hydrogen-bond acceptors (Lipinski definition) is 3. The summed E-state index contributed by atoms with van der Waals surface area (Å²) in [7, 11) is 0. The average Bonchev–Trinajstić information content (AvgIpc) is 2.69. The molecular formula is C21H16ClNO4. The number of halogens is 1. The largest absolute Gasteiger partial charge is 0.489 e. The quantitative estimate of drug-likeness (QED) is 0.638. The van der Waals surface area contributed by atoms with E-state index in [2.05, 4.69) is 5.32 Å². The van der Waals surface area contributed by atoms with Crippen LogP contribution in [0.4, 0.5) is 5.69 Å². The molecule has 0 aliphatic carbocycles. The first-order chi connectivity index (χ1) is 13.0. The Balaban J connectivity index is 1.57. The van der Waals surface area contributed by atoms with Crippen LogP contribution in [0.2, 0.25) is 5.02 Å². The van der Waals surface area contributed by atoms with Crippen LogP contribution < -0.4 is 10.1 Å². The monoisotopic (exact) mass is 381 g/mol. The molecule has 0 aromatic heterocycles. The minimum Gasteiger partial charge on any atom is -0.489 e. The maximum atomic E-state index is 12.2. The molecule has 1 amide bonds. The van der Waals surface area contributed by atoms with Gasteiger partial charge in [0.1, 0.15) is 12.4 Å². The Bertz CT molecular complexity index is 935. The van der Waals surface area contributed by atoms with Crippen LogP contribution in [0.15, 0.2) is 72.8 Å².